The maximum atomic E-state index is 12.4. The average Bonchev–Trinajstić information content (AvgIpc) is 2.79. The Morgan fingerprint density at radius 3 is 2.31 bits per heavy atom. The lowest BCUT2D eigenvalue weighted by Crippen LogP contribution is -2.61. The second-order valence-electron chi connectivity index (χ2n) is 8.38. The molecule has 1 heterocycles. The number of hydrogen-bond donors (Lipinski definition) is 3. The van der Waals surface area contributed by atoms with Gasteiger partial charge < -0.3 is 34.3 Å². The maximum absolute atomic E-state index is 12.4. The molecule has 0 aromatic heterocycles. The summed E-state index contributed by atoms with van der Waals surface area (Å²) in [5.41, 5.74) is 0.962. The van der Waals surface area contributed by atoms with Crippen LogP contribution < -0.4 is 4.74 Å². The molecule has 0 spiro atoms. The first-order valence-corrected chi connectivity index (χ1v) is 11.3. The van der Waals surface area contributed by atoms with Crippen LogP contribution in [0.2, 0.25) is 0 Å². The predicted octanol–water partition coefficient (Wildman–Crippen LogP) is 2.15. The van der Waals surface area contributed by atoms with Gasteiger partial charge in [-0.3, -0.25) is 4.79 Å². The molecule has 1 aromatic rings. The molecule has 1 fully saturated rings. The molecular weight excluding hydrogens is 416 g/mol. The van der Waals surface area contributed by atoms with Crippen molar-refractivity contribution in [1.82, 2.24) is 0 Å². The van der Waals surface area contributed by atoms with Gasteiger partial charge in [0, 0.05) is 6.42 Å². The number of methoxy groups -OCH3 is 1. The number of carbonyl (C=O) groups excluding carboxylic acids is 2. The van der Waals surface area contributed by atoms with Gasteiger partial charge >= 0.3 is 5.97 Å². The summed E-state index contributed by atoms with van der Waals surface area (Å²) in [6, 6.07) is 6.98. The van der Waals surface area contributed by atoms with E-state index in [2.05, 4.69) is 6.92 Å². The molecule has 0 amide bonds. The van der Waals surface area contributed by atoms with Crippen LogP contribution in [0.3, 0.4) is 0 Å². The topological polar surface area (TPSA) is 123 Å². The van der Waals surface area contributed by atoms with Crippen LogP contribution >= 0.6 is 0 Å². The average molecular weight is 453 g/mol. The molecule has 32 heavy (non-hydrogen) atoms. The van der Waals surface area contributed by atoms with E-state index in [-0.39, 0.29) is 5.78 Å². The van der Waals surface area contributed by atoms with E-state index < -0.39 is 42.6 Å². The van der Waals surface area contributed by atoms with Crippen molar-refractivity contribution in [2.75, 3.05) is 7.11 Å². The zero-order valence-electron chi connectivity index (χ0n) is 19.1. The zero-order chi connectivity index (χ0) is 23.7. The second kappa shape index (κ2) is 12.9. The molecule has 3 N–H and O–H groups in total. The highest BCUT2D eigenvalue weighted by Crippen LogP contribution is 2.31. The fourth-order valence-electron chi connectivity index (χ4n) is 3.85. The van der Waals surface area contributed by atoms with Gasteiger partial charge in [-0.25, -0.2) is 0 Å². The van der Waals surface area contributed by atoms with Gasteiger partial charge in [-0.05, 0) is 37.5 Å². The molecule has 180 valence electrons. The van der Waals surface area contributed by atoms with E-state index >= 15 is 0 Å². The molecule has 6 atom stereocenters. The van der Waals surface area contributed by atoms with E-state index in [0.29, 0.717) is 25.0 Å². The number of aliphatic hydroxyl groups is 3. The van der Waals surface area contributed by atoms with Gasteiger partial charge in [0.1, 0.15) is 35.9 Å². The van der Waals surface area contributed by atoms with E-state index in [1.807, 2.05) is 0 Å². The highest BCUT2D eigenvalue weighted by Gasteiger charge is 2.49. The van der Waals surface area contributed by atoms with Gasteiger partial charge in [0.25, 0.3) is 0 Å². The van der Waals surface area contributed by atoms with Crippen molar-refractivity contribution >= 4 is 11.8 Å². The number of esters is 1. The molecule has 1 aliphatic rings. The maximum Gasteiger partial charge on any atom is 0.311 e. The van der Waals surface area contributed by atoms with Crippen molar-refractivity contribution in [3.8, 4) is 5.75 Å². The van der Waals surface area contributed by atoms with Gasteiger partial charge in [0.05, 0.1) is 13.0 Å². The molecule has 1 aliphatic heterocycles. The van der Waals surface area contributed by atoms with E-state index in [0.717, 1.165) is 31.2 Å². The number of ketones is 1. The third-order valence-corrected chi connectivity index (χ3v) is 5.82. The molecule has 1 aromatic carbocycles. The Morgan fingerprint density at radius 2 is 1.72 bits per heavy atom. The number of ether oxygens (including phenoxy) is 3. The number of Topliss-reactive ketones (excluding diaryl/α,β-unsaturated/α-hetero) is 1. The molecule has 0 saturated carbocycles. The molecule has 0 bridgehead atoms. The molecular formula is C24H36O8. The van der Waals surface area contributed by atoms with Crippen molar-refractivity contribution in [3.05, 3.63) is 29.8 Å². The van der Waals surface area contributed by atoms with E-state index in [1.165, 1.54) is 7.11 Å². The highest BCUT2D eigenvalue weighted by molar-refractivity contribution is 5.75. The predicted molar refractivity (Wildman–Crippen MR) is 117 cm³/mol. The summed E-state index contributed by atoms with van der Waals surface area (Å²) in [6.07, 6.45) is -1.64. The van der Waals surface area contributed by atoms with E-state index in [9.17, 15) is 24.9 Å². The van der Waals surface area contributed by atoms with Crippen LogP contribution in [0.25, 0.3) is 0 Å². The normalized spacial score (nSPS) is 26.4. The number of carbonyl (C=O) groups is 2. The number of hydrogen-bond acceptors (Lipinski definition) is 8. The fraction of sp³-hybridized carbons (Fsp3) is 0.667. The van der Waals surface area contributed by atoms with Crippen molar-refractivity contribution in [1.29, 1.82) is 0 Å². The summed E-state index contributed by atoms with van der Waals surface area (Å²) in [5.74, 6) is -0.838. The first kappa shape index (κ1) is 26.3. The van der Waals surface area contributed by atoms with Gasteiger partial charge in [-0.1, -0.05) is 44.7 Å². The number of rotatable bonds is 12. The fourth-order valence-corrected chi connectivity index (χ4v) is 3.85. The Labute approximate surface area is 189 Å². The summed E-state index contributed by atoms with van der Waals surface area (Å²) in [6.45, 7) is 3.63. The van der Waals surface area contributed by atoms with E-state index in [4.69, 9.17) is 14.2 Å². The third kappa shape index (κ3) is 7.27. The Bertz CT molecular complexity index is 719. The van der Waals surface area contributed by atoms with E-state index in [1.54, 1.807) is 31.2 Å². The minimum absolute atomic E-state index is 0.109. The molecule has 0 aliphatic carbocycles. The first-order valence-electron chi connectivity index (χ1n) is 11.3. The Balaban J connectivity index is 2.10. The summed E-state index contributed by atoms with van der Waals surface area (Å²) < 4.78 is 16.5. The van der Waals surface area contributed by atoms with Crippen molar-refractivity contribution in [2.45, 2.75) is 89.5 Å². The molecule has 0 radical (unpaired) electrons. The van der Waals surface area contributed by atoms with Gasteiger partial charge in [-0.15, -0.1) is 0 Å². The monoisotopic (exact) mass is 452 g/mol. The Kier molecular flexibility index (Phi) is 10.6. The highest BCUT2D eigenvalue weighted by atomic mass is 16.7. The quantitative estimate of drug-likeness (QED) is 0.326. The minimum Gasteiger partial charge on any atom is -0.469 e. The smallest absolute Gasteiger partial charge is 0.311 e. The number of unbranched alkanes of at least 4 members (excludes halogenated alkanes) is 3. The number of aliphatic hydroxyl groups excluding tert-OH is 3. The molecule has 1 saturated heterocycles. The molecule has 2 rings (SSSR count). The van der Waals surface area contributed by atoms with Gasteiger partial charge in [-0.2, -0.15) is 0 Å². The van der Waals surface area contributed by atoms with Crippen molar-refractivity contribution in [2.24, 2.45) is 5.92 Å². The van der Waals surface area contributed by atoms with Gasteiger partial charge in [0.2, 0.25) is 6.29 Å². The van der Waals surface area contributed by atoms with Crippen LogP contribution in [0.5, 0.6) is 5.75 Å². The summed E-state index contributed by atoms with van der Waals surface area (Å²) in [5, 5.41) is 31.3. The van der Waals surface area contributed by atoms with Crippen molar-refractivity contribution in [3.63, 3.8) is 0 Å². The largest absolute Gasteiger partial charge is 0.469 e. The second-order valence-corrected chi connectivity index (χ2v) is 8.38. The molecule has 8 nitrogen and oxygen atoms in total. The standard InChI is InChI=1S/C24H36O8/c1-4-5-6-7-8-18(23(29)30-3)22-20(27)19(26)21(28)24(32-22)31-17-13-11-16(12-14-17)10-9-15(2)25/h11-14,18-22,24,26-28H,4-10H2,1-3H3/t18?,19-,20-,21+,22+,24+/m0/s1. The summed E-state index contributed by atoms with van der Waals surface area (Å²) in [7, 11) is 1.27. The number of aryl methyl sites for hydroxylation is 1. The molecule has 8 heteroatoms. The van der Waals surface area contributed by atoms with Crippen LogP contribution in [0.4, 0.5) is 0 Å². The van der Waals surface area contributed by atoms with Crippen LogP contribution in [0.1, 0.15) is 57.9 Å². The minimum atomic E-state index is -1.55. The third-order valence-electron chi connectivity index (χ3n) is 5.82. The summed E-state index contributed by atoms with van der Waals surface area (Å²) in [4.78, 5) is 23.5. The van der Waals surface area contributed by atoms with Gasteiger partial charge in [0.15, 0.2) is 0 Å². The lowest BCUT2D eigenvalue weighted by Gasteiger charge is -2.42. The SMILES string of the molecule is CCCCCCC(C(=O)OC)[C@H]1O[C@@H](Oc2ccc(CCC(C)=O)cc2)[C@H](O)[C@@H](O)[C@@H]1O. The number of benzene rings is 1. The lowest BCUT2D eigenvalue weighted by atomic mass is 9.86. The Hall–Kier alpha value is -2.00. The van der Waals surface area contributed by atoms with Crippen LogP contribution in [0, 0.1) is 5.92 Å². The summed E-state index contributed by atoms with van der Waals surface area (Å²) >= 11 is 0. The Morgan fingerprint density at radius 1 is 1.03 bits per heavy atom. The van der Waals surface area contributed by atoms with Crippen molar-refractivity contribution < 1.29 is 39.1 Å². The van der Waals surface area contributed by atoms with Crippen LogP contribution in [0.15, 0.2) is 24.3 Å². The first-order chi connectivity index (χ1) is 15.3. The lowest BCUT2D eigenvalue weighted by molar-refractivity contribution is -0.282. The zero-order valence-corrected chi connectivity index (χ0v) is 19.1. The molecule has 1 unspecified atom stereocenters. The van der Waals surface area contributed by atoms with Crippen LogP contribution in [-0.2, 0) is 25.5 Å². The van der Waals surface area contributed by atoms with Crippen LogP contribution in [-0.4, -0.2) is 64.9 Å².